The first-order valence-corrected chi connectivity index (χ1v) is 5.98. The van der Waals surface area contributed by atoms with Gasteiger partial charge in [0.1, 0.15) is 6.07 Å². The number of amides is 2. The first-order chi connectivity index (χ1) is 9.56. The van der Waals surface area contributed by atoms with E-state index in [1.807, 2.05) is 19.1 Å². The lowest BCUT2D eigenvalue weighted by Gasteiger charge is -2.05. The van der Waals surface area contributed by atoms with E-state index in [1.54, 1.807) is 25.1 Å². The lowest BCUT2D eigenvalue weighted by molar-refractivity contribution is -0.138. The molecular weight excluding hydrogens is 258 g/mol. The van der Waals surface area contributed by atoms with Crippen LogP contribution < -0.4 is 10.6 Å². The summed E-state index contributed by atoms with van der Waals surface area (Å²) in [6.45, 7) is 3.73. The van der Waals surface area contributed by atoms with E-state index >= 15 is 0 Å². The molecule has 2 N–H and O–H groups in total. The summed E-state index contributed by atoms with van der Waals surface area (Å²) >= 11 is 0. The van der Waals surface area contributed by atoms with Gasteiger partial charge in [-0.25, -0.2) is 9.59 Å². The third-order valence-electron chi connectivity index (χ3n) is 2.27. The summed E-state index contributed by atoms with van der Waals surface area (Å²) in [5.74, 6) is -0.773. The normalized spacial score (nSPS) is 10.3. The number of hydrogen-bond acceptors (Lipinski definition) is 4. The highest BCUT2D eigenvalue weighted by molar-refractivity contribution is 5.95. The molecule has 0 aliphatic heterocycles. The largest absolute Gasteiger partial charge is 0.462 e. The predicted octanol–water partition coefficient (Wildman–Crippen LogP) is 2.09. The van der Waals surface area contributed by atoms with E-state index in [9.17, 15) is 9.59 Å². The standard InChI is InChI=1S/C14H15N3O3/c1-3-20-13(18)11(8-15)9-16-14(19)17-12-6-4-10(2)5-7-12/h4-7,9H,3H2,1-2H3,(H2,16,17,19)/b11-9+. The predicted molar refractivity (Wildman–Crippen MR) is 73.7 cm³/mol. The van der Waals surface area contributed by atoms with Crippen molar-refractivity contribution in [3.63, 3.8) is 0 Å². The van der Waals surface area contributed by atoms with Crippen molar-refractivity contribution in [3.05, 3.63) is 41.6 Å². The average molecular weight is 273 g/mol. The number of nitrogens with one attached hydrogen (secondary N) is 2. The second-order valence-electron chi connectivity index (χ2n) is 3.85. The van der Waals surface area contributed by atoms with Gasteiger partial charge in [0, 0.05) is 11.9 Å². The Morgan fingerprint density at radius 3 is 2.55 bits per heavy atom. The molecule has 0 aliphatic rings. The van der Waals surface area contributed by atoms with E-state index in [-0.39, 0.29) is 12.2 Å². The summed E-state index contributed by atoms with van der Waals surface area (Å²) in [6, 6.07) is 8.30. The number of benzene rings is 1. The van der Waals surface area contributed by atoms with Crippen LogP contribution in [-0.4, -0.2) is 18.6 Å². The van der Waals surface area contributed by atoms with Crippen molar-refractivity contribution in [1.82, 2.24) is 5.32 Å². The second kappa shape index (κ2) is 7.59. The van der Waals surface area contributed by atoms with Crippen molar-refractivity contribution in [3.8, 4) is 6.07 Å². The van der Waals surface area contributed by atoms with Gasteiger partial charge in [-0.3, -0.25) is 0 Å². The first-order valence-electron chi connectivity index (χ1n) is 5.98. The first kappa shape index (κ1) is 15.2. The molecule has 1 aromatic carbocycles. The number of hydrogen-bond donors (Lipinski definition) is 2. The highest BCUT2D eigenvalue weighted by Gasteiger charge is 2.10. The topological polar surface area (TPSA) is 91.2 Å². The van der Waals surface area contributed by atoms with Crippen molar-refractivity contribution in [1.29, 1.82) is 5.26 Å². The van der Waals surface area contributed by atoms with Gasteiger partial charge in [-0.15, -0.1) is 0 Å². The molecule has 20 heavy (non-hydrogen) atoms. The van der Waals surface area contributed by atoms with Gasteiger partial charge in [0.2, 0.25) is 0 Å². The van der Waals surface area contributed by atoms with E-state index in [2.05, 4.69) is 15.4 Å². The van der Waals surface area contributed by atoms with Gasteiger partial charge in [-0.2, -0.15) is 5.26 Å². The molecule has 6 nitrogen and oxygen atoms in total. The number of carbonyl (C=O) groups is 2. The number of nitrogens with zero attached hydrogens (tertiary/aromatic N) is 1. The molecule has 0 spiro atoms. The van der Waals surface area contributed by atoms with Gasteiger partial charge in [-0.05, 0) is 26.0 Å². The van der Waals surface area contributed by atoms with Crippen molar-refractivity contribution in [2.75, 3.05) is 11.9 Å². The number of carbonyl (C=O) groups excluding carboxylic acids is 2. The van der Waals surface area contributed by atoms with Crippen LogP contribution in [0.2, 0.25) is 0 Å². The van der Waals surface area contributed by atoms with E-state index in [0.717, 1.165) is 11.8 Å². The van der Waals surface area contributed by atoms with Crippen LogP contribution in [0.3, 0.4) is 0 Å². The van der Waals surface area contributed by atoms with Crippen LogP contribution in [0.5, 0.6) is 0 Å². The summed E-state index contributed by atoms with van der Waals surface area (Å²) < 4.78 is 4.66. The quantitative estimate of drug-likeness (QED) is 0.499. The molecule has 6 heteroatoms. The maximum absolute atomic E-state index is 11.6. The van der Waals surface area contributed by atoms with Crippen LogP contribution in [0.1, 0.15) is 12.5 Å². The molecule has 0 radical (unpaired) electrons. The lowest BCUT2D eigenvalue weighted by Crippen LogP contribution is -2.25. The molecule has 0 saturated carbocycles. The second-order valence-corrected chi connectivity index (χ2v) is 3.85. The number of ether oxygens (including phenoxy) is 1. The maximum Gasteiger partial charge on any atom is 0.350 e. The number of urea groups is 1. The molecule has 0 heterocycles. The summed E-state index contributed by atoms with van der Waals surface area (Å²) in [7, 11) is 0. The number of esters is 1. The Kier molecular flexibility index (Phi) is 5.78. The third-order valence-corrected chi connectivity index (χ3v) is 2.27. The lowest BCUT2D eigenvalue weighted by atomic mass is 10.2. The Bertz CT molecular complexity index is 556. The van der Waals surface area contributed by atoms with Gasteiger partial charge in [0.05, 0.1) is 6.61 Å². The van der Waals surface area contributed by atoms with Crippen LogP contribution >= 0.6 is 0 Å². The van der Waals surface area contributed by atoms with Crippen molar-refractivity contribution >= 4 is 17.7 Å². The Morgan fingerprint density at radius 1 is 1.35 bits per heavy atom. The summed E-state index contributed by atoms with van der Waals surface area (Å²) in [4.78, 5) is 22.9. The number of aryl methyl sites for hydroxylation is 1. The molecular formula is C14H15N3O3. The molecule has 0 bridgehead atoms. The molecule has 1 aromatic rings. The van der Waals surface area contributed by atoms with Crippen LogP contribution in [0.15, 0.2) is 36.0 Å². The monoisotopic (exact) mass is 273 g/mol. The minimum Gasteiger partial charge on any atom is -0.462 e. The molecule has 0 aromatic heterocycles. The van der Waals surface area contributed by atoms with E-state index in [0.29, 0.717) is 5.69 Å². The summed E-state index contributed by atoms with van der Waals surface area (Å²) in [6.07, 6.45) is 1.02. The van der Waals surface area contributed by atoms with Crippen molar-refractivity contribution < 1.29 is 14.3 Å². The summed E-state index contributed by atoms with van der Waals surface area (Å²) in [5.41, 5.74) is 1.41. The molecule has 2 amide bonds. The Hall–Kier alpha value is -2.81. The number of anilines is 1. The zero-order valence-electron chi connectivity index (χ0n) is 11.3. The third kappa shape index (κ3) is 4.82. The zero-order valence-corrected chi connectivity index (χ0v) is 11.3. The van der Waals surface area contributed by atoms with Gasteiger partial charge >= 0.3 is 12.0 Å². The van der Waals surface area contributed by atoms with E-state index in [1.165, 1.54) is 0 Å². The Balaban J connectivity index is 2.59. The van der Waals surface area contributed by atoms with Crippen LogP contribution in [0.25, 0.3) is 0 Å². The fraction of sp³-hybridized carbons (Fsp3) is 0.214. The zero-order chi connectivity index (χ0) is 15.0. The SMILES string of the molecule is CCOC(=O)/C(C#N)=C/NC(=O)Nc1ccc(C)cc1. The van der Waals surface area contributed by atoms with Crippen LogP contribution in [0.4, 0.5) is 10.5 Å². The van der Waals surface area contributed by atoms with Gasteiger partial charge in [-0.1, -0.05) is 17.7 Å². The van der Waals surface area contributed by atoms with Crippen LogP contribution in [-0.2, 0) is 9.53 Å². The maximum atomic E-state index is 11.6. The minimum absolute atomic E-state index is 0.160. The highest BCUT2D eigenvalue weighted by atomic mass is 16.5. The van der Waals surface area contributed by atoms with Gasteiger partial charge in [0.15, 0.2) is 5.57 Å². The summed E-state index contributed by atoms with van der Waals surface area (Å²) in [5, 5.41) is 13.6. The van der Waals surface area contributed by atoms with Crippen LogP contribution in [0, 0.1) is 18.3 Å². The minimum atomic E-state index is -0.773. The van der Waals surface area contributed by atoms with E-state index in [4.69, 9.17) is 5.26 Å². The fourth-order valence-electron chi connectivity index (χ4n) is 1.29. The molecule has 0 unspecified atom stereocenters. The molecule has 0 saturated heterocycles. The molecule has 0 fully saturated rings. The number of nitriles is 1. The average Bonchev–Trinajstić information content (AvgIpc) is 2.42. The molecule has 104 valence electrons. The van der Waals surface area contributed by atoms with Gasteiger partial charge in [0.25, 0.3) is 0 Å². The smallest absolute Gasteiger partial charge is 0.350 e. The van der Waals surface area contributed by atoms with Crippen molar-refractivity contribution in [2.24, 2.45) is 0 Å². The molecule has 0 atom stereocenters. The molecule has 1 rings (SSSR count). The highest BCUT2D eigenvalue weighted by Crippen LogP contribution is 2.08. The fourth-order valence-corrected chi connectivity index (χ4v) is 1.29. The Morgan fingerprint density at radius 2 is 2.00 bits per heavy atom. The van der Waals surface area contributed by atoms with Gasteiger partial charge < -0.3 is 15.4 Å². The van der Waals surface area contributed by atoms with E-state index < -0.39 is 12.0 Å². The Labute approximate surface area is 117 Å². The van der Waals surface area contributed by atoms with Crippen molar-refractivity contribution in [2.45, 2.75) is 13.8 Å². The molecule has 0 aliphatic carbocycles. The number of rotatable bonds is 4.